The molecule has 16 heteroatoms. The highest BCUT2D eigenvalue weighted by molar-refractivity contribution is 6.03. The Balaban J connectivity index is 1.56. The number of para-hydroxylation sites is 1. The number of hydrogen-bond donors (Lipinski definition) is 3. The summed E-state index contributed by atoms with van der Waals surface area (Å²) < 4.78 is 30.8. The van der Waals surface area contributed by atoms with Gasteiger partial charge in [-0.05, 0) is 62.4 Å². The first-order valence-electron chi connectivity index (χ1n) is 16.1. The third-order valence-electron chi connectivity index (χ3n) is 8.56. The van der Waals surface area contributed by atoms with Crippen LogP contribution in [0, 0.1) is 5.82 Å². The van der Waals surface area contributed by atoms with Gasteiger partial charge in [-0.1, -0.05) is 12.1 Å². The van der Waals surface area contributed by atoms with E-state index in [1.165, 1.54) is 59.9 Å². The Kier molecular flexibility index (Phi) is 11.2. The van der Waals surface area contributed by atoms with E-state index >= 15 is 0 Å². The number of aliphatic hydroxyl groups is 1. The number of nitrogens with zero attached hydrogens (tertiary/aromatic N) is 5. The van der Waals surface area contributed by atoms with E-state index in [0.29, 0.717) is 33.8 Å². The monoisotopic (exact) mass is 705 g/mol. The average molecular weight is 706 g/mol. The molecule has 1 fully saturated rings. The Morgan fingerprint density at radius 3 is 2.25 bits per heavy atom. The first kappa shape index (κ1) is 36.4. The molecule has 0 bridgehead atoms. The zero-order valence-electron chi connectivity index (χ0n) is 28.8. The van der Waals surface area contributed by atoms with Gasteiger partial charge in [0.1, 0.15) is 23.4 Å². The van der Waals surface area contributed by atoms with Crippen molar-refractivity contribution in [2.24, 2.45) is 0 Å². The summed E-state index contributed by atoms with van der Waals surface area (Å²) in [4.78, 5) is 61.5. The fourth-order valence-corrected chi connectivity index (χ4v) is 5.88. The van der Waals surface area contributed by atoms with E-state index in [1.807, 2.05) is 0 Å². The van der Waals surface area contributed by atoms with Crippen LogP contribution in [-0.2, 0) is 9.53 Å². The number of fused-ring (bicyclic) bond motifs is 1. The van der Waals surface area contributed by atoms with Gasteiger partial charge in [-0.15, -0.1) is 0 Å². The van der Waals surface area contributed by atoms with Crippen molar-refractivity contribution in [1.29, 1.82) is 0 Å². The summed E-state index contributed by atoms with van der Waals surface area (Å²) in [5.41, 5.74) is 0.672. The van der Waals surface area contributed by atoms with E-state index in [2.05, 4.69) is 15.4 Å². The highest BCUT2D eigenvalue weighted by Gasteiger charge is 2.35. The second-order valence-electron chi connectivity index (χ2n) is 11.8. The number of piperazine rings is 1. The number of alkyl carbamates (subject to hydrolysis) is 1. The Hall–Kier alpha value is -5.90. The third-order valence-corrected chi connectivity index (χ3v) is 8.56. The number of ether oxygens (including phenoxy) is 3. The Morgan fingerprint density at radius 2 is 1.63 bits per heavy atom. The maximum absolute atomic E-state index is 14.3. The van der Waals surface area contributed by atoms with E-state index in [1.54, 1.807) is 54.4 Å². The van der Waals surface area contributed by atoms with E-state index < -0.39 is 47.6 Å². The molecule has 4 aromatic rings. The van der Waals surface area contributed by atoms with Crippen LogP contribution in [0.1, 0.15) is 25.7 Å². The fraction of sp³-hybridized carbons (Fsp3) is 0.343. The van der Waals surface area contributed by atoms with Crippen molar-refractivity contribution in [2.45, 2.75) is 32.0 Å². The zero-order valence-corrected chi connectivity index (χ0v) is 28.8. The number of methoxy groups -OCH3 is 3. The predicted molar refractivity (Wildman–Crippen MR) is 187 cm³/mol. The van der Waals surface area contributed by atoms with Gasteiger partial charge in [0.05, 0.1) is 63.2 Å². The highest BCUT2D eigenvalue weighted by atomic mass is 19.1. The molecular weight excluding hydrogens is 665 g/mol. The SMILES string of the molecule is COC(=O)N[C@H](C(=O)N1CCN(n2c(C(C)N(C(=O)Nc3ccc(F)cc3)c3ccc(OC)cc3OC)nc3ccccc3c2=O)CC1)[C@H](C)O. The van der Waals surface area contributed by atoms with E-state index in [0.717, 1.165) is 7.11 Å². The lowest BCUT2D eigenvalue weighted by Gasteiger charge is -2.40. The number of carbonyl (C=O) groups is 3. The van der Waals surface area contributed by atoms with Gasteiger partial charge in [-0.25, -0.2) is 23.6 Å². The van der Waals surface area contributed by atoms with E-state index in [9.17, 15) is 28.7 Å². The van der Waals surface area contributed by atoms with Crippen molar-refractivity contribution in [3.05, 3.63) is 88.7 Å². The number of rotatable bonds is 10. The lowest BCUT2D eigenvalue weighted by molar-refractivity contribution is -0.136. The third kappa shape index (κ3) is 7.80. The Labute approximate surface area is 293 Å². The molecule has 1 aliphatic rings. The molecule has 1 unspecified atom stereocenters. The van der Waals surface area contributed by atoms with Crippen LogP contribution in [0.2, 0.25) is 0 Å². The number of anilines is 2. The Morgan fingerprint density at radius 1 is 0.941 bits per heavy atom. The van der Waals surface area contributed by atoms with Crippen LogP contribution in [-0.4, -0.2) is 97.4 Å². The standard InChI is InChI=1S/C35H40FN7O8/c1-21(42(28-15-14-25(49-3)20-29(28)50-4)34(47)37-24-12-10-23(36)11-13-24)31-38-27-9-7-6-8-26(27)32(45)43(31)41-18-16-40(17-19-41)33(46)30(22(2)44)39-35(48)51-5/h6-15,20-22,30,44H,16-19H2,1-5H3,(H,37,47)(H,39,48)/t21?,22-,30-/m0/s1. The van der Waals surface area contributed by atoms with Crippen LogP contribution >= 0.6 is 0 Å². The lowest BCUT2D eigenvalue weighted by atomic mass is 10.1. The molecule has 2 heterocycles. The lowest BCUT2D eigenvalue weighted by Crippen LogP contribution is -2.61. The van der Waals surface area contributed by atoms with E-state index in [-0.39, 0.29) is 32.0 Å². The summed E-state index contributed by atoms with van der Waals surface area (Å²) in [6.45, 7) is 3.72. The largest absolute Gasteiger partial charge is 0.497 e. The minimum Gasteiger partial charge on any atom is -0.497 e. The molecule has 270 valence electrons. The molecule has 0 radical (unpaired) electrons. The summed E-state index contributed by atoms with van der Waals surface area (Å²) in [6, 6.07) is 14.3. The van der Waals surface area contributed by atoms with Crippen LogP contribution in [0.4, 0.5) is 25.4 Å². The number of aromatic nitrogens is 2. The highest BCUT2D eigenvalue weighted by Crippen LogP contribution is 2.37. The summed E-state index contributed by atoms with van der Waals surface area (Å²) in [5.74, 6) is 0.00504. The van der Waals surface area contributed by atoms with Crippen molar-refractivity contribution in [1.82, 2.24) is 19.9 Å². The topological polar surface area (TPSA) is 168 Å². The van der Waals surface area contributed by atoms with Gasteiger partial charge in [-0.2, -0.15) is 0 Å². The maximum atomic E-state index is 14.3. The van der Waals surface area contributed by atoms with Gasteiger partial charge in [0, 0.05) is 24.8 Å². The first-order chi connectivity index (χ1) is 24.5. The first-order valence-corrected chi connectivity index (χ1v) is 16.1. The molecule has 1 aromatic heterocycles. The van der Waals surface area contributed by atoms with Gasteiger partial charge in [0.2, 0.25) is 5.91 Å². The molecule has 1 aliphatic heterocycles. The molecule has 0 aliphatic carbocycles. The normalized spacial score (nSPS) is 14.6. The molecule has 5 rings (SSSR count). The van der Waals surface area contributed by atoms with Gasteiger partial charge in [0.25, 0.3) is 5.56 Å². The molecule has 3 atom stereocenters. The summed E-state index contributed by atoms with van der Waals surface area (Å²) in [6.07, 6.45) is -2.06. The van der Waals surface area contributed by atoms with Crippen LogP contribution in [0.15, 0.2) is 71.5 Å². The molecule has 1 saturated heterocycles. The van der Waals surface area contributed by atoms with Crippen molar-refractivity contribution < 1.29 is 38.1 Å². The zero-order chi connectivity index (χ0) is 36.8. The number of halogens is 1. The van der Waals surface area contributed by atoms with Gasteiger partial charge in [0.15, 0.2) is 5.82 Å². The molecule has 51 heavy (non-hydrogen) atoms. The van der Waals surface area contributed by atoms with Crippen molar-refractivity contribution >= 4 is 40.3 Å². The quantitative estimate of drug-likeness (QED) is 0.223. The van der Waals surface area contributed by atoms with Crippen molar-refractivity contribution in [3.8, 4) is 11.5 Å². The average Bonchev–Trinajstić information content (AvgIpc) is 3.14. The smallest absolute Gasteiger partial charge is 0.407 e. The fourth-order valence-electron chi connectivity index (χ4n) is 5.88. The number of nitrogens with one attached hydrogen (secondary N) is 2. The van der Waals surface area contributed by atoms with Gasteiger partial charge in [-0.3, -0.25) is 14.5 Å². The van der Waals surface area contributed by atoms with Gasteiger partial charge >= 0.3 is 12.1 Å². The van der Waals surface area contributed by atoms with Crippen molar-refractivity contribution in [3.63, 3.8) is 0 Å². The summed E-state index contributed by atoms with van der Waals surface area (Å²) in [5, 5.41) is 17.5. The second-order valence-corrected chi connectivity index (χ2v) is 11.8. The maximum Gasteiger partial charge on any atom is 0.407 e. The van der Waals surface area contributed by atoms with Crippen LogP contribution in [0.5, 0.6) is 11.5 Å². The number of aliphatic hydroxyl groups excluding tert-OH is 1. The minimum atomic E-state index is -1.24. The number of hydrogen-bond acceptors (Lipinski definition) is 10. The van der Waals surface area contributed by atoms with Crippen LogP contribution in [0.3, 0.4) is 0 Å². The van der Waals surface area contributed by atoms with Gasteiger partial charge < -0.3 is 39.9 Å². The molecule has 0 spiro atoms. The predicted octanol–water partition coefficient (Wildman–Crippen LogP) is 3.24. The number of urea groups is 1. The second kappa shape index (κ2) is 15.8. The van der Waals surface area contributed by atoms with Crippen molar-refractivity contribution in [2.75, 3.05) is 62.7 Å². The molecule has 3 N–H and O–H groups in total. The summed E-state index contributed by atoms with van der Waals surface area (Å²) >= 11 is 0. The minimum absolute atomic E-state index is 0.138. The molecule has 15 nitrogen and oxygen atoms in total. The molecule has 4 amide bonds. The van der Waals surface area contributed by atoms with Crippen LogP contribution < -0.4 is 35.6 Å². The van der Waals surface area contributed by atoms with Crippen LogP contribution in [0.25, 0.3) is 10.9 Å². The summed E-state index contributed by atoms with van der Waals surface area (Å²) in [7, 11) is 4.11. The molecular formula is C35H40FN7O8. The number of benzene rings is 3. The molecule has 0 saturated carbocycles. The van der Waals surface area contributed by atoms with E-state index in [4.69, 9.17) is 14.5 Å². The Bertz CT molecular complexity index is 1950. The number of carbonyl (C=O) groups excluding carboxylic acids is 3. The number of amides is 4. The molecule has 3 aromatic carbocycles.